The summed E-state index contributed by atoms with van der Waals surface area (Å²) in [6.07, 6.45) is 1.23. The van der Waals surface area contributed by atoms with Crippen molar-refractivity contribution in [2.75, 3.05) is 18.5 Å². The fourth-order valence-electron chi connectivity index (χ4n) is 2.31. The van der Waals surface area contributed by atoms with E-state index >= 15 is 0 Å². The van der Waals surface area contributed by atoms with Gasteiger partial charge in [-0.15, -0.1) is 0 Å². The van der Waals surface area contributed by atoms with Gasteiger partial charge < -0.3 is 10.1 Å². The molecule has 1 aromatic carbocycles. The van der Waals surface area contributed by atoms with E-state index < -0.39 is 0 Å². The normalized spacial score (nSPS) is 23.0. The zero-order valence-corrected chi connectivity index (χ0v) is 10.7. The predicted molar refractivity (Wildman–Crippen MR) is 69.8 cm³/mol. The van der Waals surface area contributed by atoms with Crippen molar-refractivity contribution < 1.29 is 9.66 Å². The molecular weight excluding hydrogens is 232 g/mol. The summed E-state index contributed by atoms with van der Waals surface area (Å²) in [5.74, 6) is 0.421. The third-order valence-electron chi connectivity index (χ3n) is 3.52. The van der Waals surface area contributed by atoms with Gasteiger partial charge in [-0.3, -0.25) is 10.1 Å². The Bertz CT molecular complexity index is 448. The van der Waals surface area contributed by atoms with Crippen LogP contribution in [0.1, 0.15) is 18.9 Å². The number of benzene rings is 1. The number of hydrogen-bond acceptors (Lipinski definition) is 4. The average Bonchev–Trinajstić information content (AvgIpc) is 2.73. The van der Waals surface area contributed by atoms with Crippen molar-refractivity contribution in [1.82, 2.24) is 0 Å². The Morgan fingerprint density at radius 3 is 2.94 bits per heavy atom. The minimum atomic E-state index is -0.343. The zero-order chi connectivity index (χ0) is 13.1. The Morgan fingerprint density at radius 2 is 2.33 bits per heavy atom. The monoisotopic (exact) mass is 250 g/mol. The van der Waals surface area contributed by atoms with Crippen molar-refractivity contribution in [1.29, 1.82) is 0 Å². The molecule has 0 aliphatic carbocycles. The second-order valence-corrected chi connectivity index (χ2v) is 4.73. The van der Waals surface area contributed by atoms with Gasteiger partial charge in [0.05, 0.1) is 11.0 Å². The minimum absolute atomic E-state index is 0.140. The highest BCUT2D eigenvalue weighted by atomic mass is 16.6. The van der Waals surface area contributed by atoms with Crippen molar-refractivity contribution in [2.45, 2.75) is 26.4 Å². The number of nitrogens with zero attached hydrogens (tertiary/aromatic N) is 1. The first-order valence-electron chi connectivity index (χ1n) is 6.19. The smallest absolute Gasteiger partial charge is 0.292 e. The largest absolute Gasteiger partial charge is 0.379 e. The van der Waals surface area contributed by atoms with E-state index in [9.17, 15) is 10.1 Å². The number of anilines is 1. The van der Waals surface area contributed by atoms with Crippen molar-refractivity contribution in [3.05, 3.63) is 33.9 Å². The molecule has 5 nitrogen and oxygen atoms in total. The molecule has 0 amide bonds. The standard InChI is InChI=1S/C13H18N2O3/c1-9-4-3-5-12(15(16)17)13(9)14-8-11-6-7-18-10(11)2/h3-5,10-11,14H,6-8H2,1-2H3. The fraction of sp³-hybridized carbons (Fsp3) is 0.538. The van der Waals surface area contributed by atoms with Crippen molar-refractivity contribution >= 4 is 11.4 Å². The molecule has 1 fully saturated rings. The summed E-state index contributed by atoms with van der Waals surface area (Å²) in [6, 6.07) is 5.12. The second kappa shape index (κ2) is 5.35. The maximum Gasteiger partial charge on any atom is 0.292 e. The van der Waals surface area contributed by atoms with Crippen LogP contribution in [-0.4, -0.2) is 24.2 Å². The van der Waals surface area contributed by atoms with Crippen molar-refractivity contribution in [3.63, 3.8) is 0 Å². The van der Waals surface area contributed by atoms with Gasteiger partial charge in [0.15, 0.2) is 0 Å². The molecule has 5 heteroatoms. The van der Waals surface area contributed by atoms with Crippen LogP contribution >= 0.6 is 0 Å². The molecule has 2 atom stereocenters. The van der Waals surface area contributed by atoms with E-state index in [0.717, 1.165) is 18.6 Å². The summed E-state index contributed by atoms with van der Waals surface area (Å²) in [7, 11) is 0. The van der Waals surface area contributed by atoms with Crippen LogP contribution in [-0.2, 0) is 4.74 Å². The molecule has 0 spiro atoms. The van der Waals surface area contributed by atoms with Crippen LogP contribution in [0.3, 0.4) is 0 Å². The van der Waals surface area contributed by atoms with Gasteiger partial charge in [-0.1, -0.05) is 12.1 Å². The van der Waals surface area contributed by atoms with Gasteiger partial charge in [0.2, 0.25) is 0 Å². The highest BCUT2D eigenvalue weighted by molar-refractivity contribution is 5.65. The molecule has 0 radical (unpaired) electrons. The van der Waals surface area contributed by atoms with Gasteiger partial charge in [0.25, 0.3) is 5.69 Å². The van der Waals surface area contributed by atoms with E-state index in [-0.39, 0.29) is 16.7 Å². The van der Waals surface area contributed by atoms with E-state index in [4.69, 9.17) is 4.74 Å². The quantitative estimate of drug-likeness (QED) is 0.659. The fourth-order valence-corrected chi connectivity index (χ4v) is 2.31. The minimum Gasteiger partial charge on any atom is -0.379 e. The number of para-hydroxylation sites is 1. The molecule has 2 unspecified atom stereocenters. The summed E-state index contributed by atoms with van der Waals surface area (Å²) < 4.78 is 5.49. The van der Waals surface area contributed by atoms with Crippen molar-refractivity contribution in [2.24, 2.45) is 5.92 Å². The van der Waals surface area contributed by atoms with Gasteiger partial charge in [-0.25, -0.2) is 0 Å². The van der Waals surface area contributed by atoms with Crippen LogP contribution in [0, 0.1) is 23.0 Å². The first kappa shape index (κ1) is 12.8. The Kier molecular flexibility index (Phi) is 3.81. The van der Waals surface area contributed by atoms with E-state index in [1.54, 1.807) is 6.07 Å². The lowest BCUT2D eigenvalue weighted by molar-refractivity contribution is -0.384. The molecule has 1 N–H and O–H groups in total. The number of hydrogen-bond donors (Lipinski definition) is 1. The molecule has 0 saturated carbocycles. The summed E-state index contributed by atoms with van der Waals surface area (Å²) in [4.78, 5) is 10.6. The lowest BCUT2D eigenvalue weighted by Gasteiger charge is -2.16. The third-order valence-corrected chi connectivity index (χ3v) is 3.52. The molecular formula is C13H18N2O3. The van der Waals surface area contributed by atoms with E-state index in [0.29, 0.717) is 18.2 Å². The molecule has 1 aliphatic rings. The molecule has 1 saturated heterocycles. The maximum atomic E-state index is 11.0. The first-order chi connectivity index (χ1) is 8.59. The maximum absolute atomic E-state index is 11.0. The predicted octanol–water partition coefficient (Wildman–Crippen LogP) is 2.74. The van der Waals surface area contributed by atoms with Crippen LogP contribution < -0.4 is 5.32 Å². The van der Waals surface area contributed by atoms with E-state index in [1.165, 1.54) is 6.07 Å². The number of aryl methyl sites for hydroxylation is 1. The van der Waals surface area contributed by atoms with E-state index in [1.807, 2.05) is 19.9 Å². The molecule has 2 rings (SSSR count). The van der Waals surface area contributed by atoms with Crippen LogP contribution in [0.15, 0.2) is 18.2 Å². The summed E-state index contributed by atoms with van der Waals surface area (Å²) in [5, 5.41) is 14.2. The molecule has 98 valence electrons. The molecule has 0 bridgehead atoms. The third kappa shape index (κ3) is 2.61. The Balaban J connectivity index is 2.11. The van der Waals surface area contributed by atoms with Gasteiger partial charge in [-0.05, 0) is 25.8 Å². The zero-order valence-electron chi connectivity index (χ0n) is 10.7. The molecule has 0 aromatic heterocycles. The topological polar surface area (TPSA) is 64.4 Å². The molecule has 1 heterocycles. The van der Waals surface area contributed by atoms with E-state index in [2.05, 4.69) is 5.32 Å². The number of nitro benzene ring substituents is 1. The summed E-state index contributed by atoms with van der Waals surface area (Å²) in [6.45, 7) is 5.42. The second-order valence-electron chi connectivity index (χ2n) is 4.73. The van der Waals surface area contributed by atoms with Gasteiger partial charge in [0, 0.05) is 25.1 Å². The first-order valence-corrected chi connectivity index (χ1v) is 6.19. The number of rotatable bonds is 4. The van der Waals surface area contributed by atoms with Gasteiger partial charge >= 0.3 is 0 Å². The summed E-state index contributed by atoms with van der Waals surface area (Å²) >= 11 is 0. The number of nitrogens with one attached hydrogen (secondary N) is 1. The molecule has 18 heavy (non-hydrogen) atoms. The lowest BCUT2D eigenvalue weighted by atomic mass is 10.0. The Hall–Kier alpha value is -1.62. The molecule has 1 aliphatic heterocycles. The van der Waals surface area contributed by atoms with Crippen LogP contribution in [0.2, 0.25) is 0 Å². The lowest BCUT2D eigenvalue weighted by Crippen LogP contribution is -2.21. The van der Waals surface area contributed by atoms with Crippen LogP contribution in [0.4, 0.5) is 11.4 Å². The highest BCUT2D eigenvalue weighted by Crippen LogP contribution is 2.29. The average molecular weight is 250 g/mol. The summed E-state index contributed by atoms with van der Waals surface area (Å²) in [5.41, 5.74) is 1.67. The highest BCUT2D eigenvalue weighted by Gasteiger charge is 2.25. The Labute approximate surface area is 106 Å². The van der Waals surface area contributed by atoms with Gasteiger partial charge in [0.1, 0.15) is 5.69 Å². The van der Waals surface area contributed by atoms with Gasteiger partial charge in [-0.2, -0.15) is 0 Å². The van der Waals surface area contributed by atoms with Crippen molar-refractivity contribution in [3.8, 4) is 0 Å². The van der Waals surface area contributed by atoms with Crippen LogP contribution in [0.25, 0.3) is 0 Å². The SMILES string of the molecule is Cc1cccc([N+](=O)[O-])c1NCC1CCOC1C. The Morgan fingerprint density at radius 1 is 1.56 bits per heavy atom. The number of ether oxygens (including phenoxy) is 1. The number of nitro groups is 1. The van der Waals surface area contributed by atoms with Crippen LogP contribution in [0.5, 0.6) is 0 Å². The molecule has 1 aromatic rings.